The van der Waals surface area contributed by atoms with Gasteiger partial charge in [0, 0.05) is 6.07 Å². The van der Waals surface area contributed by atoms with Crippen LogP contribution in [0, 0.1) is 10.1 Å². The van der Waals surface area contributed by atoms with Gasteiger partial charge in [0.05, 0.1) is 50.7 Å². The molecule has 0 radical (unpaired) electrons. The SMILES string of the molecule is CS(=O)(=O)Nc1ccc([N+](=O)[O-])cc1Oc1ccccc1.C[N+](C)(C)CCO. The van der Waals surface area contributed by atoms with E-state index in [4.69, 9.17) is 9.84 Å². The molecule has 0 aliphatic heterocycles. The Hall–Kier alpha value is -2.69. The number of nitrogens with zero attached hydrogens (tertiary/aromatic N) is 2. The van der Waals surface area contributed by atoms with Gasteiger partial charge in [0.25, 0.3) is 5.69 Å². The van der Waals surface area contributed by atoms with Gasteiger partial charge in [-0.15, -0.1) is 0 Å². The highest BCUT2D eigenvalue weighted by atomic mass is 32.2. The quantitative estimate of drug-likeness (QED) is 0.410. The molecule has 0 atom stereocenters. The van der Waals surface area contributed by atoms with Crippen LogP contribution in [0.2, 0.25) is 0 Å². The number of nitro benzene ring substituents is 1. The topological polar surface area (TPSA) is 119 Å². The molecule has 0 spiro atoms. The van der Waals surface area contributed by atoms with Crippen LogP contribution in [0.15, 0.2) is 48.5 Å². The normalized spacial score (nSPS) is 11.2. The average molecular weight is 412 g/mol. The van der Waals surface area contributed by atoms with Crippen LogP contribution in [0.4, 0.5) is 11.4 Å². The maximum Gasteiger partial charge on any atom is 0.273 e. The predicted molar refractivity (Wildman–Crippen MR) is 108 cm³/mol. The molecule has 0 amide bonds. The summed E-state index contributed by atoms with van der Waals surface area (Å²) in [5, 5.41) is 19.2. The Morgan fingerprint density at radius 3 is 2.18 bits per heavy atom. The smallest absolute Gasteiger partial charge is 0.273 e. The van der Waals surface area contributed by atoms with Gasteiger partial charge in [-0.2, -0.15) is 0 Å². The minimum Gasteiger partial charge on any atom is -0.455 e. The molecule has 0 aromatic heterocycles. The number of sulfonamides is 1. The number of rotatable bonds is 7. The predicted octanol–water partition coefficient (Wildman–Crippen LogP) is 2.44. The molecular weight excluding hydrogens is 386 g/mol. The first-order valence-corrected chi connectivity index (χ1v) is 10.2. The summed E-state index contributed by atoms with van der Waals surface area (Å²) in [7, 11) is 2.63. The molecule has 0 saturated carbocycles. The number of benzene rings is 2. The van der Waals surface area contributed by atoms with E-state index in [0.29, 0.717) is 5.75 Å². The second kappa shape index (κ2) is 10.0. The molecule has 10 heteroatoms. The van der Waals surface area contributed by atoms with Crippen molar-refractivity contribution in [2.75, 3.05) is 45.3 Å². The Labute approximate surface area is 165 Å². The van der Waals surface area contributed by atoms with Crippen molar-refractivity contribution in [3.8, 4) is 11.5 Å². The number of hydrogen-bond acceptors (Lipinski definition) is 6. The molecule has 2 rings (SSSR count). The van der Waals surface area contributed by atoms with Crippen LogP contribution in [0.1, 0.15) is 0 Å². The van der Waals surface area contributed by atoms with Crippen molar-refractivity contribution >= 4 is 21.4 Å². The van der Waals surface area contributed by atoms with Crippen molar-refractivity contribution in [3.05, 3.63) is 58.6 Å². The van der Waals surface area contributed by atoms with Crippen LogP contribution in [-0.2, 0) is 10.0 Å². The Morgan fingerprint density at radius 1 is 1.14 bits per heavy atom. The summed E-state index contributed by atoms with van der Waals surface area (Å²) < 4.78 is 31.3. The number of hydrogen-bond donors (Lipinski definition) is 2. The lowest BCUT2D eigenvalue weighted by molar-refractivity contribution is -0.870. The Morgan fingerprint density at radius 2 is 1.75 bits per heavy atom. The average Bonchev–Trinajstić information content (AvgIpc) is 2.55. The second-order valence-electron chi connectivity index (χ2n) is 6.96. The number of para-hydroxylation sites is 1. The van der Waals surface area contributed by atoms with Crippen LogP contribution >= 0.6 is 0 Å². The molecule has 2 aromatic rings. The molecule has 0 aliphatic carbocycles. The van der Waals surface area contributed by atoms with E-state index in [1.807, 2.05) is 0 Å². The molecule has 0 heterocycles. The van der Waals surface area contributed by atoms with E-state index in [1.54, 1.807) is 30.3 Å². The molecule has 9 nitrogen and oxygen atoms in total. The fourth-order valence-electron chi connectivity index (χ4n) is 1.91. The van der Waals surface area contributed by atoms with Crippen molar-refractivity contribution in [2.45, 2.75) is 0 Å². The van der Waals surface area contributed by atoms with E-state index in [2.05, 4.69) is 25.9 Å². The van der Waals surface area contributed by atoms with Gasteiger partial charge < -0.3 is 14.3 Å². The van der Waals surface area contributed by atoms with Gasteiger partial charge in [-0.3, -0.25) is 14.8 Å². The summed E-state index contributed by atoms with van der Waals surface area (Å²) in [5.41, 5.74) is -0.0630. The first-order valence-electron chi connectivity index (χ1n) is 8.32. The number of non-ortho nitro benzene ring substituents is 1. The summed E-state index contributed by atoms with van der Waals surface area (Å²) >= 11 is 0. The number of ether oxygens (including phenoxy) is 1. The molecular formula is C18H26N3O6S+. The van der Waals surface area contributed by atoms with Gasteiger partial charge in [-0.25, -0.2) is 8.42 Å². The number of likely N-dealkylation sites (N-methyl/N-ethyl adjacent to an activating group) is 1. The van der Waals surface area contributed by atoms with Crippen molar-refractivity contribution in [2.24, 2.45) is 0 Å². The molecule has 0 saturated heterocycles. The summed E-state index contributed by atoms with van der Waals surface area (Å²) in [5.74, 6) is 0.496. The third-order valence-corrected chi connectivity index (χ3v) is 3.80. The Kier molecular flexibility index (Phi) is 8.35. The van der Waals surface area contributed by atoms with Crippen LogP contribution in [0.3, 0.4) is 0 Å². The zero-order chi connectivity index (χ0) is 21.4. The number of nitro groups is 1. The van der Waals surface area contributed by atoms with Crippen molar-refractivity contribution in [3.63, 3.8) is 0 Å². The fraction of sp³-hybridized carbons (Fsp3) is 0.333. The van der Waals surface area contributed by atoms with Gasteiger partial charge in [-0.1, -0.05) is 18.2 Å². The van der Waals surface area contributed by atoms with Gasteiger partial charge in [-0.05, 0) is 18.2 Å². The first-order chi connectivity index (χ1) is 12.9. The van der Waals surface area contributed by atoms with Gasteiger partial charge in [0.15, 0.2) is 5.75 Å². The number of aliphatic hydroxyl groups is 1. The summed E-state index contributed by atoms with van der Waals surface area (Å²) in [6, 6.07) is 12.2. The summed E-state index contributed by atoms with van der Waals surface area (Å²) in [4.78, 5) is 10.2. The van der Waals surface area contributed by atoms with E-state index < -0.39 is 14.9 Å². The zero-order valence-corrected chi connectivity index (χ0v) is 17.1. The van der Waals surface area contributed by atoms with Crippen LogP contribution in [-0.4, -0.2) is 63.5 Å². The maximum absolute atomic E-state index is 11.3. The number of aliphatic hydroxyl groups excluding tert-OH is 1. The molecule has 0 fully saturated rings. The van der Waals surface area contributed by atoms with Crippen LogP contribution in [0.25, 0.3) is 0 Å². The van der Waals surface area contributed by atoms with Crippen molar-refractivity contribution < 1.29 is 27.7 Å². The monoisotopic (exact) mass is 412 g/mol. The third kappa shape index (κ3) is 9.31. The van der Waals surface area contributed by atoms with Gasteiger partial charge in [0.2, 0.25) is 10.0 Å². The van der Waals surface area contributed by atoms with E-state index in [-0.39, 0.29) is 23.7 Å². The van der Waals surface area contributed by atoms with Crippen LogP contribution < -0.4 is 9.46 Å². The second-order valence-corrected chi connectivity index (χ2v) is 8.71. The number of nitrogens with one attached hydrogen (secondary N) is 1. The summed E-state index contributed by atoms with van der Waals surface area (Å²) in [6.45, 7) is 1.11. The van der Waals surface area contributed by atoms with Crippen molar-refractivity contribution in [1.82, 2.24) is 0 Å². The van der Waals surface area contributed by atoms with E-state index in [1.165, 1.54) is 18.2 Å². The highest BCUT2D eigenvalue weighted by molar-refractivity contribution is 7.92. The molecule has 2 N–H and O–H groups in total. The number of anilines is 1. The van der Waals surface area contributed by atoms with E-state index in [0.717, 1.165) is 17.3 Å². The van der Waals surface area contributed by atoms with Gasteiger partial charge in [0.1, 0.15) is 12.3 Å². The lowest BCUT2D eigenvalue weighted by Gasteiger charge is -2.21. The highest BCUT2D eigenvalue weighted by Crippen LogP contribution is 2.33. The molecule has 0 bridgehead atoms. The minimum atomic E-state index is -3.52. The largest absolute Gasteiger partial charge is 0.455 e. The standard InChI is InChI=1S/C13H12N2O5S.C5H14NO/c1-21(18,19)14-12-8-7-10(15(16)17)9-13(12)20-11-5-3-2-4-6-11;1-6(2,3)4-5-7/h2-9,14H,1H3;7H,4-5H2,1-3H3/q;+1. The van der Waals surface area contributed by atoms with E-state index >= 15 is 0 Å². The fourth-order valence-corrected chi connectivity index (χ4v) is 2.48. The zero-order valence-electron chi connectivity index (χ0n) is 16.3. The summed E-state index contributed by atoms with van der Waals surface area (Å²) in [6.07, 6.45) is 0.987. The molecule has 0 unspecified atom stereocenters. The van der Waals surface area contributed by atoms with Crippen LogP contribution in [0.5, 0.6) is 11.5 Å². The molecule has 2 aromatic carbocycles. The molecule has 28 heavy (non-hydrogen) atoms. The highest BCUT2D eigenvalue weighted by Gasteiger charge is 2.15. The lowest BCUT2D eigenvalue weighted by atomic mass is 10.2. The Balaban J connectivity index is 0.000000480. The van der Waals surface area contributed by atoms with Gasteiger partial charge >= 0.3 is 0 Å². The minimum absolute atomic E-state index is 0.0563. The van der Waals surface area contributed by atoms with E-state index in [9.17, 15) is 18.5 Å². The first kappa shape index (κ1) is 23.3. The molecule has 0 aliphatic rings. The lowest BCUT2D eigenvalue weighted by Crippen LogP contribution is -2.36. The Bertz CT molecular complexity index is 880. The molecule has 154 valence electrons. The maximum atomic E-state index is 11.3. The number of quaternary nitrogens is 1. The third-order valence-electron chi connectivity index (χ3n) is 3.21. The van der Waals surface area contributed by atoms with Crippen molar-refractivity contribution in [1.29, 1.82) is 0 Å².